The van der Waals surface area contributed by atoms with E-state index < -0.39 is 6.10 Å². The second-order valence-electron chi connectivity index (χ2n) is 5.59. The molecule has 0 saturated carbocycles. The Morgan fingerprint density at radius 3 is 2.62 bits per heavy atom. The zero-order chi connectivity index (χ0) is 15.2. The van der Waals surface area contributed by atoms with Gasteiger partial charge in [0.05, 0.1) is 12.1 Å². The van der Waals surface area contributed by atoms with Crippen molar-refractivity contribution < 1.29 is 9.90 Å². The quantitative estimate of drug-likeness (QED) is 0.872. The van der Waals surface area contributed by atoms with Crippen molar-refractivity contribution >= 4 is 5.91 Å². The lowest BCUT2D eigenvalue weighted by molar-refractivity contribution is -0.136. The van der Waals surface area contributed by atoms with Crippen LogP contribution in [0, 0.1) is 0 Å². The van der Waals surface area contributed by atoms with Crippen LogP contribution >= 0.6 is 0 Å². The van der Waals surface area contributed by atoms with E-state index in [4.69, 9.17) is 0 Å². The van der Waals surface area contributed by atoms with E-state index in [0.29, 0.717) is 6.54 Å². The Balaban J connectivity index is 2.00. The summed E-state index contributed by atoms with van der Waals surface area (Å²) in [5.74, 6) is 0.206. The number of rotatable bonds is 6. The first-order valence-electron chi connectivity index (χ1n) is 7.93. The van der Waals surface area contributed by atoms with Crippen molar-refractivity contribution in [3.8, 4) is 0 Å². The normalized spacial score (nSPS) is 20.4. The number of carbonyl (C=O) groups excluding carboxylic acids is 1. The van der Waals surface area contributed by atoms with Gasteiger partial charge in [0.2, 0.25) is 5.91 Å². The third-order valence-corrected chi connectivity index (χ3v) is 4.32. The summed E-state index contributed by atoms with van der Waals surface area (Å²) < 4.78 is 0. The second kappa shape index (κ2) is 7.57. The number of aliphatic hydroxyl groups excluding tert-OH is 1. The Kier molecular flexibility index (Phi) is 5.76. The first kappa shape index (κ1) is 16.0. The molecule has 4 heteroatoms. The van der Waals surface area contributed by atoms with E-state index >= 15 is 0 Å². The standard InChI is InChI=1S/C17H26N2O2/c1-3-18(4-2)17(21)15-11-8-12-19(15)13-16(20)14-9-6-5-7-10-14/h5-7,9-10,15-16,20H,3-4,8,11-13H2,1-2H3. The van der Waals surface area contributed by atoms with Gasteiger partial charge in [-0.05, 0) is 38.8 Å². The fraction of sp³-hybridized carbons (Fsp3) is 0.588. The van der Waals surface area contributed by atoms with Gasteiger partial charge < -0.3 is 10.0 Å². The maximum atomic E-state index is 12.5. The van der Waals surface area contributed by atoms with Gasteiger partial charge in [0, 0.05) is 19.6 Å². The molecule has 2 unspecified atom stereocenters. The Bertz CT molecular complexity index is 445. The number of benzene rings is 1. The summed E-state index contributed by atoms with van der Waals surface area (Å²) in [6.45, 7) is 6.95. The number of likely N-dealkylation sites (N-methyl/N-ethyl adjacent to an activating group) is 1. The molecular formula is C17H26N2O2. The lowest BCUT2D eigenvalue weighted by Gasteiger charge is -2.30. The summed E-state index contributed by atoms with van der Waals surface area (Å²) >= 11 is 0. The molecule has 0 radical (unpaired) electrons. The van der Waals surface area contributed by atoms with Crippen LogP contribution in [0.25, 0.3) is 0 Å². The smallest absolute Gasteiger partial charge is 0.239 e. The van der Waals surface area contributed by atoms with E-state index in [9.17, 15) is 9.90 Å². The SMILES string of the molecule is CCN(CC)C(=O)C1CCCN1CC(O)c1ccccc1. The summed E-state index contributed by atoms with van der Waals surface area (Å²) in [5.41, 5.74) is 0.915. The van der Waals surface area contributed by atoms with Crippen molar-refractivity contribution in [2.45, 2.75) is 38.8 Å². The molecule has 4 nitrogen and oxygen atoms in total. The number of likely N-dealkylation sites (tertiary alicyclic amines) is 1. The van der Waals surface area contributed by atoms with Crippen LogP contribution in [0.5, 0.6) is 0 Å². The van der Waals surface area contributed by atoms with Gasteiger partial charge in [-0.25, -0.2) is 0 Å². The summed E-state index contributed by atoms with van der Waals surface area (Å²) in [4.78, 5) is 16.6. The minimum absolute atomic E-state index is 0.0664. The van der Waals surface area contributed by atoms with Crippen LogP contribution in [0.2, 0.25) is 0 Å². The predicted molar refractivity (Wildman–Crippen MR) is 83.9 cm³/mol. The zero-order valence-corrected chi connectivity index (χ0v) is 13.0. The highest BCUT2D eigenvalue weighted by Gasteiger charge is 2.33. The van der Waals surface area contributed by atoms with Crippen LogP contribution < -0.4 is 0 Å². The fourth-order valence-electron chi connectivity index (χ4n) is 3.07. The number of aliphatic hydroxyl groups is 1. The molecule has 2 atom stereocenters. The topological polar surface area (TPSA) is 43.8 Å². The second-order valence-corrected chi connectivity index (χ2v) is 5.59. The molecule has 0 aromatic heterocycles. The maximum absolute atomic E-state index is 12.5. The summed E-state index contributed by atoms with van der Waals surface area (Å²) in [7, 11) is 0. The van der Waals surface area contributed by atoms with Gasteiger partial charge in [0.25, 0.3) is 0 Å². The van der Waals surface area contributed by atoms with Gasteiger partial charge in [-0.3, -0.25) is 9.69 Å². The van der Waals surface area contributed by atoms with Crippen molar-refractivity contribution in [3.05, 3.63) is 35.9 Å². The number of hydrogen-bond acceptors (Lipinski definition) is 3. The van der Waals surface area contributed by atoms with E-state index in [1.54, 1.807) is 0 Å². The number of carbonyl (C=O) groups is 1. The molecule has 1 aromatic rings. The average Bonchev–Trinajstić information content (AvgIpc) is 2.97. The van der Waals surface area contributed by atoms with Crippen molar-refractivity contribution in [3.63, 3.8) is 0 Å². The molecule has 1 heterocycles. The molecule has 0 aliphatic carbocycles. The molecule has 116 valence electrons. The Morgan fingerprint density at radius 2 is 2.00 bits per heavy atom. The van der Waals surface area contributed by atoms with E-state index in [-0.39, 0.29) is 11.9 Å². The largest absolute Gasteiger partial charge is 0.387 e. The van der Waals surface area contributed by atoms with Gasteiger partial charge in [0.15, 0.2) is 0 Å². The molecule has 1 saturated heterocycles. The summed E-state index contributed by atoms with van der Waals surface area (Å²) in [5, 5.41) is 10.4. The molecule has 21 heavy (non-hydrogen) atoms. The number of amides is 1. The van der Waals surface area contributed by atoms with E-state index in [0.717, 1.165) is 38.0 Å². The highest BCUT2D eigenvalue weighted by molar-refractivity contribution is 5.82. The minimum Gasteiger partial charge on any atom is -0.387 e. The summed E-state index contributed by atoms with van der Waals surface area (Å²) in [6.07, 6.45) is 1.40. The van der Waals surface area contributed by atoms with Crippen LogP contribution in [0.1, 0.15) is 38.4 Å². The zero-order valence-electron chi connectivity index (χ0n) is 13.0. The van der Waals surface area contributed by atoms with Crippen molar-refractivity contribution in [2.24, 2.45) is 0 Å². The van der Waals surface area contributed by atoms with Crippen LogP contribution in [0.3, 0.4) is 0 Å². The third-order valence-electron chi connectivity index (χ3n) is 4.32. The lowest BCUT2D eigenvalue weighted by atomic mass is 10.1. The molecule has 1 aliphatic rings. The average molecular weight is 290 g/mol. The van der Waals surface area contributed by atoms with E-state index in [1.165, 1.54) is 0 Å². The predicted octanol–water partition coefficient (Wildman–Crippen LogP) is 2.05. The Hall–Kier alpha value is -1.39. The van der Waals surface area contributed by atoms with Crippen molar-refractivity contribution in [2.75, 3.05) is 26.2 Å². The van der Waals surface area contributed by atoms with Crippen molar-refractivity contribution in [1.82, 2.24) is 9.80 Å². The molecule has 0 bridgehead atoms. The van der Waals surface area contributed by atoms with Crippen molar-refractivity contribution in [1.29, 1.82) is 0 Å². The molecule has 1 amide bonds. The molecular weight excluding hydrogens is 264 g/mol. The van der Waals surface area contributed by atoms with Crippen LogP contribution in [-0.4, -0.2) is 53.0 Å². The van der Waals surface area contributed by atoms with Gasteiger partial charge in [-0.1, -0.05) is 30.3 Å². The highest BCUT2D eigenvalue weighted by atomic mass is 16.3. The highest BCUT2D eigenvalue weighted by Crippen LogP contribution is 2.23. The molecule has 1 aliphatic heterocycles. The number of hydrogen-bond donors (Lipinski definition) is 1. The van der Waals surface area contributed by atoms with Gasteiger partial charge in [0.1, 0.15) is 0 Å². The third kappa shape index (κ3) is 3.83. The minimum atomic E-state index is -0.531. The van der Waals surface area contributed by atoms with Gasteiger partial charge >= 0.3 is 0 Å². The molecule has 1 N–H and O–H groups in total. The van der Waals surface area contributed by atoms with Crippen LogP contribution in [0.4, 0.5) is 0 Å². The molecule has 1 fully saturated rings. The Labute approximate surface area is 127 Å². The fourth-order valence-corrected chi connectivity index (χ4v) is 3.07. The number of nitrogens with zero attached hydrogens (tertiary/aromatic N) is 2. The first-order chi connectivity index (χ1) is 10.2. The Morgan fingerprint density at radius 1 is 1.33 bits per heavy atom. The lowest BCUT2D eigenvalue weighted by Crippen LogP contribution is -2.46. The first-order valence-corrected chi connectivity index (χ1v) is 7.93. The van der Waals surface area contributed by atoms with E-state index in [2.05, 4.69) is 4.90 Å². The molecule has 1 aromatic carbocycles. The summed E-state index contributed by atoms with van der Waals surface area (Å²) in [6, 6.07) is 9.61. The number of β-amino-alcohol motifs (C(OH)–C–C–N with tert-alkyl or cyclic N) is 1. The van der Waals surface area contributed by atoms with Crippen LogP contribution in [0.15, 0.2) is 30.3 Å². The van der Waals surface area contributed by atoms with E-state index in [1.807, 2.05) is 49.1 Å². The van der Waals surface area contributed by atoms with Gasteiger partial charge in [-0.2, -0.15) is 0 Å². The molecule has 0 spiro atoms. The molecule has 2 rings (SSSR count). The van der Waals surface area contributed by atoms with Gasteiger partial charge in [-0.15, -0.1) is 0 Å². The van der Waals surface area contributed by atoms with Crippen LogP contribution in [-0.2, 0) is 4.79 Å². The monoisotopic (exact) mass is 290 g/mol. The maximum Gasteiger partial charge on any atom is 0.239 e.